The lowest BCUT2D eigenvalue weighted by molar-refractivity contribution is -0.141. The highest BCUT2D eigenvalue weighted by molar-refractivity contribution is 7.91. The van der Waals surface area contributed by atoms with Crippen molar-refractivity contribution in [2.24, 2.45) is 5.92 Å². The van der Waals surface area contributed by atoms with Crippen molar-refractivity contribution in [3.8, 4) is 5.88 Å². The molecule has 4 amide bonds. The normalized spacial score (nSPS) is 28.8. The van der Waals surface area contributed by atoms with Crippen LogP contribution in [0.15, 0.2) is 41.9 Å². The third-order valence-electron chi connectivity index (χ3n) is 9.56. The van der Waals surface area contributed by atoms with E-state index in [-0.39, 0.29) is 31.7 Å². The van der Waals surface area contributed by atoms with Gasteiger partial charge in [-0.2, -0.15) is 0 Å². The van der Waals surface area contributed by atoms with Crippen LogP contribution < -0.4 is 20.1 Å². The molecule has 7 rings (SSSR count). The number of benzene rings is 1. The first-order valence-corrected chi connectivity index (χ1v) is 18.6. The van der Waals surface area contributed by atoms with Gasteiger partial charge in [0.15, 0.2) is 0 Å². The summed E-state index contributed by atoms with van der Waals surface area (Å²) in [5.41, 5.74) is 1.43. The Morgan fingerprint density at radius 1 is 1.12 bits per heavy atom. The van der Waals surface area contributed by atoms with Crippen molar-refractivity contribution >= 4 is 66.3 Å². The minimum absolute atomic E-state index is 0.0239. The molecule has 1 aromatic carbocycles. The summed E-state index contributed by atoms with van der Waals surface area (Å²) in [5.74, 6) is -2.22. The molecule has 3 fully saturated rings. The zero-order valence-electron chi connectivity index (χ0n) is 26.0. The largest absolute Gasteiger partial charge is 0.471 e. The van der Waals surface area contributed by atoms with Gasteiger partial charge < -0.3 is 25.4 Å². The van der Waals surface area contributed by atoms with Crippen molar-refractivity contribution in [1.82, 2.24) is 30.2 Å². The zero-order chi connectivity index (χ0) is 33.6. The lowest BCUT2D eigenvalue weighted by Crippen LogP contribution is -2.58. The summed E-state index contributed by atoms with van der Waals surface area (Å²) in [7, 11) is -3.88. The standard InChI is InChI=1S/C32H36N6O8S2/c39-27-24-14-19(46-28-25-26(47-17-33-25)21-9-6-7-10-22(21)34-28)16-38(24)29(40)23(35-31(42)43)11-5-3-1-2-4-8-18-15-32(18,36-27)30(41)37-48(44,45)20-12-13-20/h4,6-10,17-20,23-24,35H,1-3,5,11-16H2,(H,36,39)(H,37,41)(H,42,43)/b8-4-/t18-,19-,23+,24+,32-/m1/s1. The minimum atomic E-state index is -3.88. The first-order valence-electron chi connectivity index (χ1n) is 16.2. The highest BCUT2D eigenvalue weighted by Crippen LogP contribution is 2.46. The molecule has 2 saturated carbocycles. The van der Waals surface area contributed by atoms with Gasteiger partial charge in [0, 0.05) is 17.7 Å². The summed E-state index contributed by atoms with van der Waals surface area (Å²) in [6, 6.07) is 5.33. The SMILES string of the molecule is O=C(O)N[C@H]1CCCCC/C=C\[C@@H]2C[C@@]2(C(=O)NS(=O)(=O)C2CC2)NC(=O)[C@@H]2C[C@@H](Oc3nc4ccccc4c4scnc34)CN2C1=O. The van der Waals surface area contributed by atoms with Crippen molar-refractivity contribution in [1.29, 1.82) is 0 Å². The van der Waals surface area contributed by atoms with Gasteiger partial charge in [-0.3, -0.25) is 19.1 Å². The van der Waals surface area contributed by atoms with E-state index >= 15 is 0 Å². The molecule has 2 aliphatic heterocycles. The van der Waals surface area contributed by atoms with Crippen molar-refractivity contribution in [3.63, 3.8) is 0 Å². The molecule has 48 heavy (non-hydrogen) atoms. The number of fused-ring (bicyclic) bond motifs is 5. The van der Waals surface area contributed by atoms with E-state index in [0.29, 0.717) is 36.7 Å². The number of hydrogen-bond donors (Lipinski definition) is 4. The molecule has 4 aliphatic rings. The molecular formula is C32H36N6O8S2. The quantitative estimate of drug-likeness (QED) is 0.278. The van der Waals surface area contributed by atoms with E-state index in [9.17, 15) is 32.7 Å². The number of carboxylic acid groups (broad SMARTS) is 1. The number of thiazole rings is 1. The maximum Gasteiger partial charge on any atom is 0.405 e. The van der Waals surface area contributed by atoms with Gasteiger partial charge in [0.2, 0.25) is 27.7 Å². The number of sulfonamides is 1. The lowest BCUT2D eigenvalue weighted by Gasteiger charge is -2.29. The second kappa shape index (κ2) is 12.6. The van der Waals surface area contributed by atoms with Crippen LogP contribution in [0, 0.1) is 5.92 Å². The number of carbonyl (C=O) groups is 4. The number of pyridine rings is 1. The van der Waals surface area contributed by atoms with Gasteiger partial charge in [-0.25, -0.2) is 23.2 Å². The van der Waals surface area contributed by atoms with Gasteiger partial charge in [-0.15, -0.1) is 11.3 Å². The van der Waals surface area contributed by atoms with Gasteiger partial charge >= 0.3 is 6.09 Å². The molecule has 254 valence electrons. The molecule has 0 unspecified atom stereocenters. The smallest absolute Gasteiger partial charge is 0.405 e. The van der Waals surface area contributed by atoms with Crippen LogP contribution in [-0.2, 0) is 24.4 Å². The summed E-state index contributed by atoms with van der Waals surface area (Å²) < 4.78 is 34.9. The number of hydrogen-bond acceptors (Lipinski definition) is 10. The summed E-state index contributed by atoms with van der Waals surface area (Å²) in [5, 5.41) is 15.0. The van der Waals surface area contributed by atoms with E-state index in [0.717, 1.165) is 22.9 Å². The summed E-state index contributed by atoms with van der Waals surface area (Å²) >= 11 is 1.44. The van der Waals surface area contributed by atoms with Crippen molar-refractivity contribution in [2.45, 2.75) is 86.8 Å². The molecule has 0 bridgehead atoms. The van der Waals surface area contributed by atoms with Gasteiger partial charge in [0.05, 0.1) is 27.5 Å². The molecule has 4 heterocycles. The second-order valence-electron chi connectivity index (χ2n) is 13.0. The van der Waals surface area contributed by atoms with Gasteiger partial charge in [0.1, 0.15) is 29.2 Å². The number of nitrogens with one attached hydrogen (secondary N) is 3. The predicted molar refractivity (Wildman–Crippen MR) is 176 cm³/mol. The number of para-hydroxylation sites is 1. The maximum absolute atomic E-state index is 14.1. The Kier molecular flexibility index (Phi) is 8.48. The molecule has 14 nitrogen and oxygen atoms in total. The fourth-order valence-corrected chi connectivity index (χ4v) is 8.93. The number of nitrogens with zero attached hydrogens (tertiary/aromatic N) is 3. The fraction of sp³-hybridized carbons (Fsp3) is 0.500. The number of aromatic nitrogens is 2. The molecular weight excluding hydrogens is 661 g/mol. The lowest BCUT2D eigenvalue weighted by atomic mass is 10.1. The Bertz CT molecular complexity index is 1930. The molecule has 2 aliphatic carbocycles. The first kappa shape index (κ1) is 32.2. The van der Waals surface area contributed by atoms with Crippen LogP contribution in [0.5, 0.6) is 5.88 Å². The molecule has 0 radical (unpaired) electrons. The zero-order valence-corrected chi connectivity index (χ0v) is 27.6. The summed E-state index contributed by atoms with van der Waals surface area (Å²) in [6.45, 7) is -0.0482. The van der Waals surface area contributed by atoms with Crippen LogP contribution in [0.2, 0.25) is 0 Å². The number of allylic oxidation sites excluding steroid dienone is 1. The van der Waals surface area contributed by atoms with Crippen molar-refractivity contribution in [3.05, 3.63) is 41.9 Å². The molecule has 2 aromatic heterocycles. The van der Waals surface area contributed by atoms with Crippen LogP contribution in [0.25, 0.3) is 21.1 Å². The molecule has 4 N–H and O–H groups in total. The third kappa shape index (κ3) is 6.30. The van der Waals surface area contributed by atoms with Gasteiger partial charge in [0.25, 0.3) is 5.91 Å². The Labute approximate surface area is 280 Å². The van der Waals surface area contributed by atoms with Crippen molar-refractivity contribution < 1.29 is 37.4 Å². The Morgan fingerprint density at radius 2 is 1.94 bits per heavy atom. The average molecular weight is 697 g/mol. The van der Waals surface area contributed by atoms with Crippen LogP contribution >= 0.6 is 11.3 Å². The number of ether oxygens (including phenoxy) is 1. The molecule has 5 atom stereocenters. The van der Waals surface area contributed by atoms with Crippen LogP contribution in [-0.4, -0.2) is 87.7 Å². The molecule has 16 heteroatoms. The van der Waals surface area contributed by atoms with E-state index in [4.69, 9.17) is 4.74 Å². The topological polar surface area (TPSA) is 197 Å². The van der Waals surface area contributed by atoms with E-state index in [2.05, 4.69) is 25.3 Å². The molecule has 1 saturated heterocycles. The van der Waals surface area contributed by atoms with Crippen LogP contribution in [0.4, 0.5) is 4.79 Å². The molecule has 0 spiro atoms. The minimum Gasteiger partial charge on any atom is -0.471 e. The van der Waals surface area contributed by atoms with Crippen molar-refractivity contribution in [2.75, 3.05) is 6.54 Å². The monoisotopic (exact) mass is 696 g/mol. The van der Waals surface area contributed by atoms with E-state index in [1.165, 1.54) is 16.2 Å². The third-order valence-corrected chi connectivity index (χ3v) is 12.2. The number of rotatable bonds is 6. The number of amides is 4. The van der Waals surface area contributed by atoms with Gasteiger partial charge in [-0.05, 0) is 44.6 Å². The first-order chi connectivity index (χ1) is 23.1. The van der Waals surface area contributed by atoms with E-state index < -0.39 is 68.7 Å². The summed E-state index contributed by atoms with van der Waals surface area (Å²) in [6.07, 6.45) is 5.84. The van der Waals surface area contributed by atoms with Gasteiger partial charge in [-0.1, -0.05) is 43.2 Å². The second-order valence-corrected chi connectivity index (χ2v) is 15.8. The molecule has 3 aromatic rings. The highest BCUT2D eigenvalue weighted by Gasteiger charge is 2.62. The fourth-order valence-electron chi connectivity index (χ4n) is 6.75. The highest BCUT2D eigenvalue weighted by atomic mass is 32.2. The summed E-state index contributed by atoms with van der Waals surface area (Å²) in [4.78, 5) is 63.9. The van der Waals surface area contributed by atoms with Crippen LogP contribution in [0.1, 0.15) is 57.8 Å². The number of carbonyl (C=O) groups excluding carboxylic acids is 3. The maximum atomic E-state index is 14.1. The Hall–Kier alpha value is -4.31. The predicted octanol–water partition coefficient (Wildman–Crippen LogP) is 2.83. The Morgan fingerprint density at radius 3 is 2.73 bits per heavy atom. The average Bonchev–Trinajstić information content (AvgIpc) is 3.92. The van der Waals surface area contributed by atoms with E-state index in [1.807, 2.05) is 36.4 Å². The van der Waals surface area contributed by atoms with Crippen LogP contribution in [0.3, 0.4) is 0 Å². The van der Waals surface area contributed by atoms with E-state index in [1.54, 1.807) is 5.51 Å². The Balaban J connectivity index is 1.20.